The first kappa shape index (κ1) is 14.3. The Bertz CT molecular complexity index is 685. The molecule has 0 amide bonds. The van der Waals surface area contributed by atoms with Crippen molar-refractivity contribution in [3.63, 3.8) is 0 Å². The van der Waals surface area contributed by atoms with Gasteiger partial charge in [0, 0.05) is 37.9 Å². The van der Waals surface area contributed by atoms with E-state index in [1.54, 1.807) is 18.5 Å². The lowest BCUT2D eigenvalue weighted by molar-refractivity contribution is 0.312. The second-order valence-corrected chi connectivity index (χ2v) is 5.37. The van der Waals surface area contributed by atoms with E-state index in [9.17, 15) is 0 Å². The standard InChI is InChI=1S/C16H18N6/c1-21-5-7-22(8-6-21)16-10-15(18-12-19-16)20-14-4-2-3-13(9-14)11-17/h2-4,9-10,12H,5-8H2,1H3,(H,18,19,20). The van der Waals surface area contributed by atoms with Crippen LogP contribution < -0.4 is 10.2 Å². The van der Waals surface area contributed by atoms with Gasteiger partial charge < -0.3 is 15.1 Å². The summed E-state index contributed by atoms with van der Waals surface area (Å²) in [5.41, 5.74) is 1.47. The van der Waals surface area contributed by atoms with E-state index in [4.69, 9.17) is 5.26 Å². The molecule has 1 N–H and O–H groups in total. The van der Waals surface area contributed by atoms with Crippen LogP contribution in [0.2, 0.25) is 0 Å². The van der Waals surface area contributed by atoms with Gasteiger partial charge in [-0.2, -0.15) is 5.26 Å². The molecular weight excluding hydrogens is 276 g/mol. The molecule has 1 fully saturated rings. The first-order valence-corrected chi connectivity index (χ1v) is 7.27. The zero-order valence-corrected chi connectivity index (χ0v) is 12.5. The SMILES string of the molecule is CN1CCN(c2cc(Nc3cccc(C#N)c3)ncn2)CC1. The number of anilines is 3. The number of nitrogens with one attached hydrogen (secondary N) is 1. The van der Waals surface area contributed by atoms with Gasteiger partial charge in [0.1, 0.15) is 18.0 Å². The summed E-state index contributed by atoms with van der Waals surface area (Å²) in [6.45, 7) is 4.02. The van der Waals surface area contributed by atoms with Gasteiger partial charge in [0.2, 0.25) is 0 Å². The van der Waals surface area contributed by atoms with E-state index in [1.807, 2.05) is 18.2 Å². The van der Waals surface area contributed by atoms with E-state index in [0.29, 0.717) is 5.56 Å². The molecule has 0 radical (unpaired) electrons. The molecule has 1 aliphatic heterocycles. The van der Waals surface area contributed by atoms with Crippen LogP contribution in [-0.4, -0.2) is 48.1 Å². The van der Waals surface area contributed by atoms with E-state index < -0.39 is 0 Å². The molecule has 112 valence electrons. The van der Waals surface area contributed by atoms with E-state index in [2.05, 4.69) is 38.2 Å². The van der Waals surface area contributed by atoms with Crippen LogP contribution in [0, 0.1) is 11.3 Å². The summed E-state index contributed by atoms with van der Waals surface area (Å²) in [6, 6.07) is 11.4. The van der Waals surface area contributed by atoms with Crippen LogP contribution >= 0.6 is 0 Å². The highest BCUT2D eigenvalue weighted by Crippen LogP contribution is 2.20. The molecule has 1 saturated heterocycles. The summed E-state index contributed by atoms with van der Waals surface area (Å²) in [5, 5.41) is 12.2. The monoisotopic (exact) mass is 294 g/mol. The third-order valence-electron chi connectivity index (χ3n) is 3.74. The van der Waals surface area contributed by atoms with Crippen LogP contribution in [0.4, 0.5) is 17.3 Å². The summed E-state index contributed by atoms with van der Waals surface area (Å²) >= 11 is 0. The fourth-order valence-electron chi connectivity index (χ4n) is 2.44. The van der Waals surface area contributed by atoms with E-state index in [1.165, 1.54) is 0 Å². The molecule has 1 aliphatic rings. The lowest BCUT2D eigenvalue weighted by Crippen LogP contribution is -2.44. The molecule has 0 saturated carbocycles. The molecule has 1 aromatic carbocycles. The van der Waals surface area contributed by atoms with Crippen molar-refractivity contribution < 1.29 is 0 Å². The lowest BCUT2D eigenvalue weighted by atomic mass is 10.2. The fourth-order valence-corrected chi connectivity index (χ4v) is 2.44. The Balaban J connectivity index is 1.75. The molecular formula is C16H18N6. The van der Waals surface area contributed by atoms with Gasteiger partial charge in [-0.05, 0) is 25.2 Å². The fraction of sp³-hybridized carbons (Fsp3) is 0.312. The Morgan fingerprint density at radius 2 is 1.95 bits per heavy atom. The van der Waals surface area contributed by atoms with Gasteiger partial charge in [-0.1, -0.05) is 6.07 Å². The van der Waals surface area contributed by atoms with Crippen LogP contribution in [0.5, 0.6) is 0 Å². The first-order valence-electron chi connectivity index (χ1n) is 7.27. The molecule has 0 bridgehead atoms. The number of nitrogens with zero attached hydrogens (tertiary/aromatic N) is 5. The molecule has 0 unspecified atom stereocenters. The van der Waals surface area contributed by atoms with Crippen molar-refractivity contribution in [2.24, 2.45) is 0 Å². The Morgan fingerprint density at radius 1 is 1.14 bits per heavy atom. The highest BCUT2D eigenvalue weighted by Gasteiger charge is 2.15. The van der Waals surface area contributed by atoms with Crippen LogP contribution in [0.15, 0.2) is 36.7 Å². The number of nitriles is 1. The van der Waals surface area contributed by atoms with E-state index >= 15 is 0 Å². The maximum atomic E-state index is 8.95. The summed E-state index contributed by atoms with van der Waals surface area (Å²) in [7, 11) is 2.13. The third-order valence-corrected chi connectivity index (χ3v) is 3.74. The summed E-state index contributed by atoms with van der Waals surface area (Å²) < 4.78 is 0. The summed E-state index contributed by atoms with van der Waals surface area (Å²) in [4.78, 5) is 13.2. The largest absolute Gasteiger partial charge is 0.354 e. The quantitative estimate of drug-likeness (QED) is 0.931. The average Bonchev–Trinajstić information content (AvgIpc) is 2.56. The van der Waals surface area contributed by atoms with Crippen molar-refractivity contribution in [2.45, 2.75) is 0 Å². The number of hydrogen-bond donors (Lipinski definition) is 1. The smallest absolute Gasteiger partial charge is 0.135 e. The number of piperazine rings is 1. The number of aromatic nitrogens is 2. The molecule has 0 aliphatic carbocycles. The Morgan fingerprint density at radius 3 is 2.73 bits per heavy atom. The van der Waals surface area contributed by atoms with Crippen LogP contribution in [0.3, 0.4) is 0 Å². The van der Waals surface area contributed by atoms with Crippen molar-refractivity contribution in [2.75, 3.05) is 43.4 Å². The van der Waals surface area contributed by atoms with Gasteiger partial charge in [0.05, 0.1) is 11.6 Å². The average molecular weight is 294 g/mol. The molecule has 2 heterocycles. The Kier molecular flexibility index (Phi) is 4.17. The minimum absolute atomic E-state index is 0.623. The van der Waals surface area contributed by atoms with Crippen molar-refractivity contribution in [3.05, 3.63) is 42.2 Å². The molecule has 0 spiro atoms. The van der Waals surface area contributed by atoms with Gasteiger partial charge in [0.15, 0.2) is 0 Å². The van der Waals surface area contributed by atoms with Gasteiger partial charge in [-0.3, -0.25) is 0 Å². The number of rotatable bonds is 3. The lowest BCUT2D eigenvalue weighted by Gasteiger charge is -2.33. The maximum Gasteiger partial charge on any atom is 0.135 e. The second kappa shape index (κ2) is 6.41. The molecule has 3 rings (SSSR count). The van der Waals surface area contributed by atoms with Gasteiger partial charge in [0.25, 0.3) is 0 Å². The van der Waals surface area contributed by atoms with Crippen molar-refractivity contribution >= 4 is 17.3 Å². The molecule has 0 atom stereocenters. The molecule has 6 heteroatoms. The predicted octanol–water partition coefficient (Wildman–Crippen LogP) is 1.84. The summed E-state index contributed by atoms with van der Waals surface area (Å²) in [5.74, 6) is 1.67. The number of benzene rings is 1. The van der Waals surface area contributed by atoms with Crippen LogP contribution in [0.1, 0.15) is 5.56 Å². The number of hydrogen-bond acceptors (Lipinski definition) is 6. The zero-order valence-electron chi connectivity index (χ0n) is 12.5. The summed E-state index contributed by atoms with van der Waals surface area (Å²) in [6.07, 6.45) is 1.57. The highest BCUT2D eigenvalue weighted by atomic mass is 15.3. The van der Waals surface area contributed by atoms with Crippen molar-refractivity contribution in [1.82, 2.24) is 14.9 Å². The van der Waals surface area contributed by atoms with Crippen LogP contribution in [0.25, 0.3) is 0 Å². The third kappa shape index (κ3) is 3.32. The second-order valence-electron chi connectivity index (χ2n) is 5.37. The maximum absolute atomic E-state index is 8.95. The predicted molar refractivity (Wildman–Crippen MR) is 86.2 cm³/mol. The van der Waals surface area contributed by atoms with Crippen molar-refractivity contribution in [3.8, 4) is 6.07 Å². The zero-order chi connectivity index (χ0) is 15.4. The minimum atomic E-state index is 0.623. The molecule has 22 heavy (non-hydrogen) atoms. The van der Waals surface area contributed by atoms with E-state index in [-0.39, 0.29) is 0 Å². The Labute approximate surface area is 130 Å². The van der Waals surface area contributed by atoms with Gasteiger partial charge in [-0.25, -0.2) is 9.97 Å². The molecule has 6 nitrogen and oxygen atoms in total. The first-order chi connectivity index (χ1) is 10.7. The van der Waals surface area contributed by atoms with Gasteiger partial charge >= 0.3 is 0 Å². The van der Waals surface area contributed by atoms with E-state index in [0.717, 1.165) is 43.5 Å². The minimum Gasteiger partial charge on any atom is -0.354 e. The number of likely N-dealkylation sites (N-methyl/N-ethyl adjacent to an activating group) is 1. The molecule has 2 aromatic rings. The molecule has 1 aromatic heterocycles. The topological polar surface area (TPSA) is 68.1 Å². The van der Waals surface area contributed by atoms with Crippen molar-refractivity contribution in [1.29, 1.82) is 5.26 Å². The Hall–Kier alpha value is -2.65. The van der Waals surface area contributed by atoms with Crippen LogP contribution in [-0.2, 0) is 0 Å². The van der Waals surface area contributed by atoms with Gasteiger partial charge in [-0.15, -0.1) is 0 Å². The normalized spacial score (nSPS) is 15.4. The highest BCUT2D eigenvalue weighted by molar-refractivity contribution is 5.61.